The Hall–Kier alpha value is -2.06. The van der Waals surface area contributed by atoms with Gasteiger partial charge in [0, 0.05) is 29.1 Å². The first kappa shape index (κ1) is 16.8. The Balaban J connectivity index is 1.99. The van der Waals surface area contributed by atoms with E-state index in [1.54, 1.807) is 0 Å². The van der Waals surface area contributed by atoms with Gasteiger partial charge in [0.15, 0.2) is 0 Å². The highest BCUT2D eigenvalue weighted by molar-refractivity contribution is 5.85. The van der Waals surface area contributed by atoms with Gasteiger partial charge in [-0.1, -0.05) is 49.4 Å². The molecule has 0 aliphatic carbocycles. The number of nitrogens with two attached hydrogens (primary N) is 1. The van der Waals surface area contributed by atoms with E-state index in [4.69, 9.17) is 5.73 Å². The maximum atomic E-state index is 6.15. The molecule has 0 aliphatic heterocycles. The van der Waals surface area contributed by atoms with Gasteiger partial charge < -0.3 is 10.3 Å². The Morgan fingerprint density at radius 1 is 1.00 bits per heavy atom. The molecule has 0 fully saturated rings. The van der Waals surface area contributed by atoms with E-state index in [-0.39, 0.29) is 0 Å². The number of hydrogen-bond acceptors (Lipinski definition) is 1. The van der Waals surface area contributed by atoms with Gasteiger partial charge in [-0.2, -0.15) is 0 Å². The quantitative estimate of drug-likeness (QED) is 0.694. The van der Waals surface area contributed by atoms with Crippen molar-refractivity contribution in [3.05, 3.63) is 70.9 Å². The summed E-state index contributed by atoms with van der Waals surface area (Å²) in [5, 5.41) is 1.38. The molecule has 2 aromatic carbocycles. The topological polar surface area (TPSA) is 30.9 Å². The lowest BCUT2D eigenvalue weighted by Crippen LogP contribution is -2.15. The van der Waals surface area contributed by atoms with Crippen molar-refractivity contribution in [1.29, 1.82) is 0 Å². The zero-order chi connectivity index (χ0) is 17.1. The molecule has 0 saturated heterocycles. The van der Waals surface area contributed by atoms with Crippen LogP contribution in [0.25, 0.3) is 10.9 Å². The monoisotopic (exact) mass is 320 g/mol. The molecular formula is C22H28N2. The number of nitrogens with zero attached hydrogens (tertiary/aromatic N) is 1. The summed E-state index contributed by atoms with van der Waals surface area (Å²) in [7, 11) is 0. The fraction of sp³-hybridized carbons (Fsp3) is 0.364. The molecule has 0 radical (unpaired) electrons. The number of hydrogen-bond donors (Lipinski definition) is 1. The van der Waals surface area contributed by atoms with E-state index in [9.17, 15) is 0 Å². The second-order valence-corrected chi connectivity index (χ2v) is 6.56. The van der Waals surface area contributed by atoms with E-state index >= 15 is 0 Å². The van der Waals surface area contributed by atoms with Crippen molar-refractivity contribution < 1.29 is 0 Å². The summed E-state index contributed by atoms with van der Waals surface area (Å²) in [4.78, 5) is 0. The van der Waals surface area contributed by atoms with Crippen LogP contribution < -0.4 is 5.73 Å². The molecule has 0 amide bonds. The fourth-order valence-corrected chi connectivity index (χ4v) is 3.78. The van der Waals surface area contributed by atoms with Gasteiger partial charge in [-0.05, 0) is 56.0 Å². The van der Waals surface area contributed by atoms with Crippen molar-refractivity contribution in [3.63, 3.8) is 0 Å². The average molecular weight is 320 g/mol. The summed E-state index contributed by atoms with van der Waals surface area (Å²) in [6, 6.07) is 17.7. The molecule has 0 saturated carbocycles. The lowest BCUT2D eigenvalue weighted by atomic mass is 9.90. The van der Waals surface area contributed by atoms with Crippen LogP contribution in [0.3, 0.4) is 0 Å². The Kier molecular flexibility index (Phi) is 5.06. The lowest BCUT2D eigenvalue weighted by Gasteiger charge is -2.16. The molecule has 1 unspecified atom stereocenters. The van der Waals surface area contributed by atoms with Crippen molar-refractivity contribution in [2.45, 2.75) is 46.1 Å². The normalized spacial score (nSPS) is 12.7. The number of benzene rings is 2. The third-order valence-electron chi connectivity index (χ3n) is 5.27. The van der Waals surface area contributed by atoms with Crippen molar-refractivity contribution in [1.82, 2.24) is 4.57 Å². The number of para-hydroxylation sites is 1. The predicted octanol–water partition coefficient (Wildman–Crippen LogP) is 4.82. The van der Waals surface area contributed by atoms with Crippen LogP contribution >= 0.6 is 0 Å². The number of rotatable bonds is 6. The Labute approximate surface area is 145 Å². The van der Waals surface area contributed by atoms with Crippen LogP contribution in [-0.2, 0) is 19.4 Å². The van der Waals surface area contributed by atoms with Crippen LogP contribution in [0.15, 0.2) is 48.5 Å². The van der Waals surface area contributed by atoms with Crippen molar-refractivity contribution in [2.75, 3.05) is 6.54 Å². The molecule has 3 aromatic rings. The van der Waals surface area contributed by atoms with Crippen LogP contribution in [0.1, 0.15) is 42.1 Å². The maximum absolute atomic E-state index is 6.15. The first-order valence-corrected chi connectivity index (χ1v) is 9.05. The van der Waals surface area contributed by atoms with E-state index < -0.39 is 0 Å². The van der Waals surface area contributed by atoms with E-state index in [1.807, 2.05) is 0 Å². The molecule has 1 aromatic heterocycles. The van der Waals surface area contributed by atoms with Gasteiger partial charge >= 0.3 is 0 Å². The summed E-state index contributed by atoms with van der Waals surface area (Å²) < 4.78 is 2.42. The van der Waals surface area contributed by atoms with Crippen LogP contribution in [0.2, 0.25) is 0 Å². The third kappa shape index (κ3) is 2.99. The van der Waals surface area contributed by atoms with Gasteiger partial charge in [-0.25, -0.2) is 0 Å². The first-order chi connectivity index (χ1) is 11.7. The smallest absolute Gasteiger partial charge is 0.0485 e. The molecule has 2 heteroatoms. The van der Waals surface area contributed by atoms with Crippen LogP contribution in [-0.4, -0.2) is 11.1 Å². The van der Waals surface area contributed by atoms with Crippen molar-refractivity contribution in [2.24, 2.45) is 5.73 Å². The SMILES string of the molecule is CCc1ccc(C(CN)Cc2c(C)n(CC)c3ccccc23)cc1. The second kappa shape index (κ2) is 7.23. The number of aryl methyl sites for hydroxylation is 2. The highest BCUT2D eigenvalue weighted by Gasteiger charge is 2.18. The molecule has 1 atom stereocenters. The third-order valence-corrected chi connectivity index (χ3v) is 5.27. The maximum Gasteiger partial charge on any atom is 0.0485 e. The summed E-state index contributed by atoms with van der Waals surface area (Å²) in [6.07, 6.45) is 2.08. The zero-order valence-electron chi connectivity index (χ0n) is 15.0. The minimum Gasteiger partial charge on any atom is -0.345 e. The molecule has 2 N–H and O–H groups in total. The fourth-order valence-electron chi connectivity index (χ4n) is 3.78. The Bertz CT molecular complexity index is 812. The second-order valence-electron chi connectivity index (χ2n) is 6.56. The highest BCUT2D eigenvalue weighted by Crippen LogP contribution is 2.30. The molecule has 0 aliphatic rings. The van der Waals surface area contributed by atoms with Crippen LogP contribution in [0.5, 0.6) is 0 Å². The van der Waals surface area contributed by atoms with Crippen molar-refractivity contribution in [3.8, 4) is 0 Å². The van der Waals surface area contributed by atoms with Gasteiger partial charge in [-0.3, -0.25) is 0 Å². The number of aromatic nitrogens is 1. The van der Waals surface area contributed by atoms with E-state index in [0.29, 0.717) is 12.5 Å². The highest BCUT2D eigenvalue weighted by atomic mass is 15.0. The molecule has 126 valence electrons. The molecule has 1 heterocycles. The van der Waals surface area contributed by atoms with Gasteiger partial charge in [-0.15, -0.1) is 0 Å². The van der Waals surface area contributed by atoms with E-state index in [1.165, 1.54) is 33.3 Å². The van der Waals surface area contributed by atoms with Gasteiger partial charge in [0.05, 0.1) is 0 Å². The van der Waals surface area contributed by atoms with Gasteiger partial charge in [0.25, 0.3) is 0 Å². The zero-order valence-corrected chi connectivity index (χ0v) is 15.0. The van der Waals surface area contributed by atoms with Crippen LogP contribution in [0.4, 0.5) is 0 Å². The minimum absolute atomic E-state index is 0.366. The molecule has 24 heavy (non-hydrogen) atoms. The summed E-state index contributed by atoms with van der Waals surface area (Å²) in [5.41, 5.74) is 13.0. The summed E-state index contributed by atoms with van der Waals surface area (Å²) in [6.45, 7) is 8.33. The van der Waals surface area contributed by atoms with Gasteiger partial charge in [0.1, 0.15) is 0 Å². The molecular weight excluding hydrogens is 292 g/mol. The van der Waals surface area contributed by atoms with E-state index in [2.05, 4.69) is 73.9 Å². The Morgan fingerprint density at radius 3 is 2.33 bits per heavy atom. The minimum atomic E-state index is 0.366. The van der Waals surface area contributed by atoms with Gasteiger partial charge in [0.2, 0.25) is 0 Å². The lowest BCUT2D eigenvalue weighted by molar-refractivity contribution is 0.684. The van der Waals surface area contributed by atoms with E-state index in [0.717, 1.165) is 19.4 Å². The molecule has 0 bridgehead atoms. The summed E-state index contributed by atoms with van der Waals surface area (Å²) in [5.74, 6) is 0.366. The molecule has 2 nitrogen and oxygen atoms in total. The average Bonchev–Trinajstić information content (AvgIpc) is 2.90. The van der Waals surface area contributed by atoms with Crippen LogP contribution in [0, 0.1) is 6.92 Å². The first-order valence-electron chi connectivity index (χ1n) is 9.05. The number of fused-ring (bicyclic) bond motifs is 1. The molecule has 3 rings (SSSR count). The Morgan fingerprint density at radius 2 is 1.71 bits per heavy atom. The largest absolute Gasteiger partial charge is 0.345 e. The summed E-state index contributed by atoms with van der Waals surface area (Å²) >= 11 is 0. The molecule has 0 spiro atoms. The standard InChI is InChI=1S/C22H28N2/c1-4-17-10-12-18(13-11-17)19(15-23)14-21-16(3)24(5-2)22-9-7-6-8-20(21)22/h6-13,19H,4-5,14-15,23H2,1-3H3. The predicted molar refractivity (Wildman–Crippen MR) is 104 cm³/mol. The van der Waals surface area contributed by atoms with Crippen molar-refractivity contribution >= 4 is 10.9 Å².